The molecule has 10 bridgehead atoms. The van der Waals surface area contributed by atoms with Crippen molar-refractivity contribution in [1.29, 1.82) is 0 Å². The van der Waals surface area contributed by atoms with E-state index in [0.717, 1.165) is 47.3 Å². The van der Waals surface area contributed by atoms with Gasteiger partial charge in [-0.05, 0) is 301 Å². The summed E-state index contributed by atoms with van der Waals surface area (Å²) in [6.45, 7) is 81.9. The van der Waals surface area contributed by atoms with E-state index in [9.17, 15) is 0 Å². The van der Waals surface area contributed by atoms with Crippen LogP contribution < -0.4 is 0 Å². The van der Waals surface area contributed by atoms with Crippen molar-refractivity contribution in [3.8, 4) is 0 Å². The van der Waals surface area contributed by atoms with Gasteiger partial charge in [-0.15, -0.1) is 0 Å². The fourth-order valence-corrected chi connectivity index (χ4v) is 32.6. The molecule has 24 aliphatic rings. The van der Waals surface area contributed by atoms with E-state index < -0.39 is 0 Å². The van der Waals surface area contributed by atoms with Gasteiger partial charge in [-0.1, -0.05) is 624 Å². The van der Waals surface area contributed by atoms with E-state index >= 15 is 0 Å². The van der Waals surface area contributed by atoms with Crippen LogP contribution in [0.15, 0.2) is 0 Å². The standard InChI is InChI=1S/C15H22.C15H28.C12H22.2C10H16.C10H18.C9H16.2C7H14.2C6H12.18C2H6/c1-3-10-5-8(1)12-7-13-9-2-4-11(6-9)15(13)14(10)12;1-15(2,13-9-5-3-6-10-13)14-11-7-4-8-12-14;1-3-7-11(8-4-1)12-9-5-2-6-10-12;1-7-2-9-4-8(1)5-10(3-7)6-9;1-2-9-7-4-5-8(6-7)10(9)3-1;1-2-6-10-8-4-3-7-9(10)5-1;1-2-5-9-7-3-6-8(9)4-1;2*1-7-5-3-2-4-6-7;2*1-2-4-6-5-3-1;18*1-2/h8-15H,1-7H2;13-14H,3-12H2,1-2H3;11-12H,1-10H2;2*7-10H,1-6H2;9-10H,1-8H2;8-9H,1-7H2;2*7H,2-6H2,1H3;2*1-6H2;18*1-2H3. The summed E-state index contributed by atoms with van der Waals surface area (Å²) < 4.78 is 0. The Morgan fingerprint density at radius 2 is 0.266 bits per heavy atom. The zero-order valence-corrected chi connectivity index (χ0v) is 109. The van der Waals surface area contributed by atoms with Crippen molar-refractivity contribution in [2.75, 3.05) is 0 Å². The number of hydrogen-bond donors (Lipinski definition) is 0. The summed E-state index contributed by atoms with van der Waals surface area (Å²) >= 11 is 0. The third-order valence-electron chi connectivity index (χ3n) is 38.4. The molecule has 0 aromatic rings. The second-order valence-corrected chi connectivity index (χ2v) is 45.7. The van der Waals surface area contributed by atoms with Crippen LogP contribution in [0.5, 0.6) is 0 Å². The Kier molecular flexibility index (Phi) is 118. The maximum Gasteiger partial charge on any atom is -0.0298 e. The highest BCUT2D eigenvalue weighted by molar-refractivity contribution is 5.12. The van der Waals surface area contributed by atoms with Crippen LogP contribution in [0.25, 0.3) is 0 Å². The van der Waals surface area contributed by atoms with Gasteiger partial charge in [0.2, 0.25) is 0 Å². The highest BCUT2D eigenvalue weighted by Gasteiger charge is 2.63. The third-order valence-corrected chi connectivity index (χ3v) is 38.4. The van der Waals surface area contributed by atoms with E-state index in [2.05, 4.69) is 27.7 Å². The molecular formula is C143H298. The Balaban J connectivity index is -0.000000352. The average molecular weight is 2020 g/mol. The second-order valence-electron chi connectivity index (χ2n) is 45.7. The first kappa shape index (κ1) is 154. The first-order chi connectivity index (χ1) is 70.7. The largest absolute Gasteiger partial charge is 0.0683 e. The molecule has 14 atom stereocenters. The first-order valence-corrected chi connectivity index (χ1v) is 70.7. The molecule has 0 aromatic heterocycles. The Labute approximate surface area is 918 Å². The summed E-state index contributed by atoms with van der Waals surface area (Å²) in [6, 6.07) is 0. The Bertz CT molecular complexity index is 2070. The van der Waals surface area contributed by atoms with Gasteiger partial charge in [-0.25, -0.2) is 0 Å². The Morgan fingerprint density at radius 3 is 0.462 bits per heavy atom. The lowest BCUT2D eigenvalue weighted by molar-refractivity contribution is 0.0198. The second kappa shape index (κ2) is 110. The van der Waals surface area contributed by atoms with E-state index in [1.807, 2.05) is 249 Å². The van der Waals surface area contributed by atoms with Gasteiger partial charge >= 0.3 is 0 Å². The minimum Gasteiger partial charge on any atom is -0.0683 e. The molecule has 0 heterocycles. The Morgan fingerprint density at radius 1 is 0.119 bits per heavy atom. The molecule has 870 valence electrons. The molecule has 24 rings (SSSR count). The third kappa shape index (κ3) is 61.9. The molecule has 0 heteroatoms. The van der Waals surface area contributed by atoms with Crippen molar-refractivity contribution < 1.29 is 0 Å². The van der Waals surface area contributed by atoms with Gasteiger partial charge in [-0.3, -0.25) is 0 Å². The molecule has 24 aliphatic carbocycles. The summed E-state index contributed by atoms with van der Waals surface area (Å²) in [7, 11) is 0. The normalized spacial score (nSPS) is 31.3. The molecule has 24 saturated carbocycles. The summed E-state index contributed by atoms with van der Waals surface area (Å²) in [5, 5.41) is 0. The van der Waals surface area contributed by atoms with E-state index in [1.54, 1.807) is 199 Å². The van der Waals surface area contributed by atoms with Crippen molar-refractivity contribution in [2.45, 2.75) is 765 Å². The van der Waals surface area contributed by atoms with Crippen molar-refractivity contribution in [1.82, 2.24) is 0 Å². The zero-order chi connectivity index (χ0) is 109. The predicted molar refractivity (Wildman–Crippen MR) is 671 cm³/mol. The van der Waals surface area contributed by atoms with Crippen LogP contribution >= 0.6 is 0 Å². The minimum atomic E-state index is 0.640. The molecule has 0 saturated heterocycles. The summed E-state index contributed by atoms with van der Waals surface area (Å²) in [6.07, 6.45) is 117. The molecule has 0 amide bonds. The molecule has 0 radical (unpaired) electrons. The summed E-state index contributed by atoms with van der Waals surface area (Å²) in [4.78, 5) is 0. The van der Waals surface area contributed by atoms with Gasteiger partial charge in [0.25, 0.3) is 0 Å². The van der Waals surface area contributed by atoms with Crippen LogP contribution in [-0.2, 0) is 0 Å². The van der Waals surface area contributed by atoms with Gasteiger partial charge in [-0.2, -0.15) is 0 Å². The quantitative estimate of drug-likeness (QED) is 0.264. The van der Waals surface area contributed by atoms with E-state index in [0.29, 0.717) is 5.41 Å². The average Bonchev–Trinajstić information content (AvgIpc) is 1.54. The number of hydrogen-bond acceptors (Lipinski definition) is 0. The van der Waals surface area contributed by atoms with Crippen LogP contribution in [0.1, 0.15) is 765 Å². The van der Waals surface area contributed by atoms with Crippen molar-refractivity contribution >= 4 is 0 Å². The maximum atomic E-state index is 2.57. The van der Waals surface area contributed by atoms with Crippen LogP contribution in [0, 0.1) is 159 Å². The SMILES string of the molecule is C1C2CC3CC1CC(C2)C3.C1CC2C3CCC(C3)C2C1.C1CC2CC1C1CC3C4CCC(C4)C3C21.C1CCC(C2CCCCC2)CC1.C1CCC2CCCC2C1.C1CCC2CCCCC2C1.C1CCCCC1.C1CCCCC1.CC.CC.CC.CC.CC.CC.CC.CC.CC.CC.CC.CC.CC.CC.CC.CC.CC.CC.CC(C)(C1CCCCC1)C1CCCCC1.CC1CCCCC1.CC1CCCCC1. The molecule has 0 aliphatic heterocycles. The minimum absolute atomic E-state index is 0.640. The van der Waals surface area contributed by atoms with Gasteiger partial charge in [0.15, 0.2) is 0 Å². The van der Waals surface area contributed by atoms with Crippen LogP contribution in [-0.4, -0.2) is 0 Å². The molecule has 14 unspecified atom stereocenters. The van der Waals surface area contributed by atoms with Crippen molar-refractivity contribution in [2.24, 2.45) is 159 Å². The lowest BCUT2D eigenvalue weighted by Gasteiger charge is -2.49. The zero-order valence-electron chi connectivity index (χ0n) is 109. The fourth-order valence-electron chi connectivity index (χ4n) is 32.6. The number of rotatable bonds is 3. The van der Waals surface area contributed by atoms with Gasteiger partial charge < -0.3 is 0 Å². The highest BCUT2D eigenvalue weighted by Crippen LogP contribution is 2.71. The molecule has 0 nitrogen and oxygen atoms in total. The lowest BCUT2D eigenvalue weighted by Crippen LogP contribution is -2.38. The smallest absolute Gasteiger partial charge is 0.0298 e. The number of fused-ring (bicyclic) bond motifs is 18. The summed E-state index contributed by atoms with van der Waals surface area (Å²) in [5.41, 5.74) is 0.640. The molecular weight excluding hydrogens is 1720 g/mol. The van der Waals surface area contributed by atoms with Gasteiger partial charge in [0.05, 0.1) is 0 Å². The summed E-state index contributed by atoms with van der Waals surface area (Å²) in [5.74, 6) is 30.3. The van der Waals surface area contributed by atoms with E-state index in [-0.39, 0.29) is 0 Å². The first-order valence-electron chi connectivity index (χ1n) is 70.7. The molecule has 24 fully saturated rings. The molecule has 0 spiro atoms. The predicted octanol–water partition coefficient (Wildman–Crippen LogP) is 53.4. The highest BCUT2D eigenvalue weighted by atomic mass is 14.7. The molecule has 0 aromatic carbocycles. The van der Waals surface area contributed by atoms with Crippen molar-refractivity contribution in [3.05, 3.63) is 0 Å². The monoisotopic (exact) mass is 2020 g/mol. The maximum absolute atomic E-state index is 2.57. The fraction of sp³-hybridized carbons (Fsp3) is 1.00. The van der Waals surface area contributed by atoms with Crippen molar-refractivity contribution in [3.63, 3.8) is 0 Å². The topological polar surface area (TPSA) is 0 Å². The lowest BCUT2D eigenvalue weighted by atomic mass is 9.56. The van der Waals surface area contributed by atoms with E-state index in [1.165, 1.54) is 395 Å². The molecule has 0 N–H and O–H groups in total. The Hall–Kier alpha value is 0. The molecule has 143 heavy (non-hydrogen) atoms. The van der Waals surface area contributed by atoms with Crippen LogP contribution in [0.3, 0.4) is 0 Å². The van der Waals surface area contributed by atoms with Gasteiger partial charge in [0.1, 0.15) is 0 Å². The van der Waals surface area contributed by atoms with Crippen LogP contribution in [0.2, 0.25) is 0 Å². The van der Waals surface area contributed by atoms with Gasteiger partial charge in [0, 0.05) is 0 Å². The van der Waals surface area contributed by atoms with E-state index in [4.69, 9.17) is 0 Å². The van der Waals surface area contributed by atoms with Crippen LogP contribution in [0.4, 0.5) is 0 Å².